The number of nitrogens with zero attached hydrogens (tertiary/aromatic N) is 5. The Morgan fingerprint density at radius 3 is 2.53 bits per heavy atom. The van der Waals surface area contributed by atoms with E-state index in [0.717, 1.165) is 31.0 Å². The van der Waals surface area contributed by atoms with Gasteiger partial charge in [-0.2, -0.15) is 4.68 Å². The van der Waals surface area contributed by atoms with Crippen LogP contribution in [0.15, 0.2) is 35.0 Å². The Labute approximate surface area is 220 Å². The van der Waals surface area contributed by atoms with Crippen molar-refractivity contribution in [1.82, 2.24) is 30.4 Å². The van der Waals surface area contributed by atoms with Crippen molar-refractivity contribution in [2.75, 3.05) is 33.4 Å². The van der Waals surface area contributed by atoms with Crippen LogP contribution >= 0.6 is 0 Å². The number of carbonyl (C=O) groups is 1. The number of ether oxygens (including phenoxy) is 2. The second-order valence-corrected chi connectivity index (χ2v) is 9.41. The molecule has 0 bridgehead atoms. The van der Waals surface area contributed by atoms with Crippen molar-refractivity contribution in [2.24, 2.45) is 0 Å². The van der Waals surface area contributed by atoms with Gasteiger partial charge in [-0.15, -0.1) is 5.10 Å². The van der Waals surface area contributed by atoms with Crippen molar-refractivity contribution in [3.8, 4) is 5.88 Å². The fourth-order valence-electron chi connectivity index (χ4n) is 3.40. The van der Waals surface area contributed by atoms with Gasteiger partial charge in [0, 0.05) is 36.5 Å². The maximum absolute atomic E-state index is 10.8. The zero-order valence-electron chi connectivity index (χ0n) is 22.0. The van der Waals surface area contributed by atoms with Gasteiger partial charge >= 0.3 is 0 Å². The Bertz CT molecular complexity index is 1270. The molecule has 1 aliphatic heterocycles. The van der Waals surface area contributed by atoms with E-state index in [-0.39, 0.29) is 47.3 Å². The van der Waals surface area contributed by atoms with Crippen LogP contribution in [0.5, 0.6) is 5.88 Å². The summed E-state index contributed by atoms with van der Waals surface area (Å²) in [6.07, 6.45) is 2.17. The Balaban J connectivity index is 0.000000427. The SMILES string of the molecule is CC(C)(C)c1cc(=N)n(C(=N)c2cc(CO)on2)nc1OCc1ccc(C=O)cn1.CNN1CCOCC1. The van der Waals surface area contributed by atoms with Gasteiger partial charge < -0.3 is 19.1 Å². The molecular formula is C25H34N8O5. The van der Waals surface area contributed by atoms with Gasteiger partial charge in [0.1, 0.15) is 18.7 Å². The number of carbonyl (C=O) groups excluding carboxylic acids is 1. The lowest BCUT2D eigenvalue weighted by atomic mass is 9.88. The van der Waals surface area contributed by atoms with Gasteiger partial charge in [-0.25, -0.2) is 5.01 Å². The Morgan fingerprint density at radius 1 is 1.26 bits per heavy atom. The molecule has 0 spiro atoms. The molecule has 3 aromatic heterocycles. The first-order valence-electron chi connectivity index (χ1n) is 12.0. The van der Waals surface area contributed by atoms with E-state index in [1.165, 1.54) is 12.3 Å². The van der Waals surface area contributed by atoms with Gasteiger partial charge in [0.2, 0.25) is 5.88 Å². The second kappa shape index (κ2) is 13.1. The molecule has 4 rings (SSSR count). The lowest BCUT2D eigenvalue weighted by Crippen LogP contribution is -2.43. The smallest absolute Gasteiger partial charge is 0.236 e. The first kappa shape index (κ1) is 28.8. The van der Waals surface area contributed by atoms with Crippen LogP contribution in [-0.4, -0.2) is 75.5 Å². The first-order valence-corrected chi connectivity index (χ1v) is 12.0. The van der Waals surface area contributed by atoms with Crippen LogP contribution in [-0.2, 0) is 23.4 Å². The Morgan fingerprint density at radius 2 is 2.00 bits per heavy atom. The van der Waals surface area contributed by atoms with Gasteiger partial charge in [0.05, 0.1) is 18.9 Å². The van der Waals surface area contributed by atoms with Crippen molar-refractivity contribution in [2.45, 2.75) is 39.4 Å². The largest absolute Gasteiger partial charge is 0.470 e. The molecule has 0 aromatic carbocycles. The summed E-state index contributed by atoms with van der Waals surface area (Å²) >= 11 is 0. The van der Waals surface area contributed by atoms with Crippen molar-refractivity contribution in [1.29, 1.82) is 10.8 Å². The van der Waals surface area contributed by atoms with Crippen molar-refractivity contribution in [3.05, 3.63) is 64.2 Å². The number of aromatic nitrogens is 4. The van der Waals surface area contributed by atoms with Crippen molar-refractivity contribution < 1.29 is 23.9 Å². The minimum absolute atomic E-state index is 0.0284. The fourth-order valence-corrected chi connectivity index (χ4v) is 3.40. The highest BCUT2D eigenvalue weighted by atomic mass is 16.5. The minimum Gasteiger partial charge on any atom is -0.470 e. The Hall–Kier alpha value is -3.78. The zero-order valence-corrected chi connectivity index (χ0v) is 22.0. The van der Waals surface area contributed by atoms with E-state index in [2.05, 4.69) is 25.7 Å². The predicted octanol–water partition coefficient (Wildman–Crippen LogP) is 1.25. The summed E-state index contributed by atoms with van der Waals surface area (Å²) in [4.78, 5) is 15.0. The molecule has 4 heterocycles. The number of hydrazine groups is 1. The van der Waals surface area contributed by atoms with Gasteiger partial charge in [0.15, 0.2) is 23.6 Å². The maximum atomic E-state index is 10.8. The normalized spacial score (nSPS) is 13.9. The van der Waals surface area contributed by atoms with Gasteiger partial charge in [-0.3, -0.25) is 26.0 Å². The summed E-state index contributed by atoms with van der Waals surface area (Å²) in [5.41, 5.74) is 4.55. The van der Waals surface area contributed by atoms with Gasteiger partial charge in [-0.05, 0) is 30.7 Å². The summed E-state index contributed by atoms with van der Waals surface area (Å²) < 4.78 is 17.0. The lowest BCUT2D eigenvalue weighted by molar-refractivity contribution is 0.0171. The number of morpholine rings is 1. The van der Waals surface area contributed by atoms with E-state index in [1.54, 1.807) is 18.2 Å². The van der Waals surface area contributed by atoms with Crippen LogP contribution in [0.1, 0.15) is 53.8 Å². The molecule has 0 radical (unpaired) electrons. The Kier molecular flexibility index (Phi) is 9.96. The molecule has 1 aliphatic rings. The highest BCUT2D eigenvalue weighted by molar-refractivity contribution is 5.95. The maximum Gasteiger partial charge on any atom is 0.236 e. The second-order valence-electron chi connectivity index (χ2n) is 9.41. The molecule has 204 valence electrons. The van der Waals surface area contributed by atoms with Crippen LogP contribution in [0.25, 0.3) is 0 Å². The average molecular weight is 527 g/mol. The summed E-state index contributed by atoms with van der Waals surface area (Å²) in [5.74, 6) is 0.257. The number of aliphatic hydroxyl groups is 1. The summed E-state index contributed by atoms with van der Waals surface area (Å²) in [7, 11) is 1.94. The molecule has 0 saturated carbocycles. The minimum atomic E-state index is -0.369. The molecule has 4 N–H and O–H groups in total. The number of hydrogen-bond donors (Lipinski definition) is 4. The highest BCUT2D eigenvalue weighted by Gasteiger charge is 2.23. The summed E-state index contributed by atoms with van der Waals surface area (Å²) in [5, 5.41) is 36.0. The van der Waals surface area contributed by atoms with E-state index in [1.807, 2.05) is 27.8 Å². The number of aldehydes is 1. The summed E-state index contributed by atoms with van der Waals surface area (Å²) in [6.45, 7) is 9.39. The number of nitrogens with one attached hydrogen (secondary N) is 3. The number of rotatable bonds is 7. The predicted molar refractivity (Wildman–Crippen MR) is 137 cm³/mol. The molecule has 38 heavy (non-hydrogen) atoms. The van der Waals surface area contributed by atoms with Crippen molar-refractivity contribution in [3.63, 3.8) is 0 Å². The first-order chi connectivity index (χ1) is 18.2. The quantitative estimate of drug-likeness (QED) is 0.199. The molecule has 0 amide bonds. The lowest BCUT2D eigenvalue weighted by Gasteiger charge is -2.24. The van der Waals surface area contributed by atoms with Crippen molar-refractivity contribution >= 4 is 12.1 Å². The topological polar surface area (TPSA) is 175 Å². The molecule has 0 aliphatic carbocycles. The third kappa shape index (κ3) is 7.61. The van der Waals surface area contributed by atoms with Gasteiger partial charge in [-0.1, -0.05) is 25.9 Å². The fraction of sp³-hybridized carbons (Fsp3) is 0.440. The number of aliphatic hydroxyl groups excluding tert-OH is 1. The monoisotopic (exact) mass is 526 g/mol. The highest BCUT2D eigenvalue weighted by Crippen LogP contribution is 2.28. The van der Waals surface area contributed by atoms with E-state index >= 15 is 0 Å². The molecular weight excluding hydrogens is 492 g/mol. The zero-order chi connectivity index (χ0) is 27.7. The van der Waals surface area contributed by atoms with E-state index in [4.69, 9.17) is 29.9 Å². The molecule has 1 saturated heterocycles. The van der Waals surface area contributed by atoms with Gasteiger partial charge in [0.25, 0.3) is 0 Å². The number of pyridine rings is 1. The average Bonchev–Trinajstić information content (AvgIpc) is 3.42. The van der Waals surface area contributed by atoms with Crippen LogP contribution in [0.2, 0.25) is 0 Å². The molecule has 13 heteroatoms. The van der Waals surface area contributed by atoms with E-state index < -0.39 is 0 Å². The van der Waals surface area contributed by atoms with Crippen LogP contribution in [0.3, 0.4) is 0 Å². The van der Waals surface area contributed by atoms with Crippen LogP contribution in [0.4, 0.5) is 0 Å². The third-order valence-corrected chi connectivity index (χ3v) is 5.58. The van der Waals surface area contributed by atoms with E-state index in [9.17, 15) is 4.79 Å². The summed E-state index contributed by atoms with van der Waals surface area (Å²) in [6, 6.07) is 6.32. The number of hydrogen-bond acceptors (Lipinski definition) is 12. The molecule has 13 nitrogen and oxygen atoms in total. The molecule has 0 unspecified atom stereocenters. The van der Waals surface area contributed by atoms with Crippen LogP contribution < -0.4 is 15.7 Å². The van der Waals surface area contributed by atoms with Crippen LogP contribution in [0, 0.1) is 10.8 Å². The molecule has 1 fully saturated rings. The molecule has 3 aromatic rings. The molecule has 0 atom stereocenters. The standard InChI is InChI=1S/C20H22N6O4.C5H12N2O/c1-20(2,3)15-7-17(21)26(18(22)16-6-14(10-28)30-25-16)24-19(15)29-11-13-5-4-12(9-27)8-23-13;1-6-7-2-4-8-5-3-7/h4-9,21-22,28H,10-11H2,1-3H3;6H,2-5H2,1H3. The van der Waals surface area contributed by atoms with E-state index in [0.29, 0.717) is 23.1 Å². The third-order valence-electron chi connectivity index (χ3n) is 5.58.